The average Bonchev–Trinajstić information content (AvgIpc) is 3.25. The molecule has 0 bridgehead atoms. The minimum atomic E-state index is 0. The normalized spacial score (nSPS) is 21.0. The quantitative estimate of drug-likeness (QED) is 0.583. The monoisotopic (exact) mass is 473 g/mol. The molecule has 2 aliphatic rings. The predicted molar refractivity (Wildman–Crippen MR) is 103 cm³/mol. The van der Waals surface area contributed by atoms with Gasteiger partial charge in [0.1, 0.15) is 0 Å². The van der Waals surface area contributed by atoms with Crippen LogP contribution in [-0.2, 0) is 24.7 Å². The molecule has 3 heteroatoms. The Morgan fingerprint density at radius 2 is 1.33 bits per heavy atom. The molecule has 27 heavy (non-hydrogen) atoms. The van der Waals surface area contributed by atoms with Gasteiger partial charge in [0.15, 0.2) is 0 Å². The van der Waals surface area contributed by atoms with Crippen molar-refractivity contribution >= 4 is 12.2 Å². The number of fused-ring (bicyclic) bond motifs is 2. The largest absolute Gasteiger partial charge is 1.00 e. The molecular weight excluding hydrogens is 450 g/mol. The van der Waals surface area contributed by atoms with Gasteiger partial charge in [0.25, 0.3) is 0 Å². The molecular formula is C24H25Cl2Zr. The van der Waals surface area contributed by atoms with Crippen LogP contribution in [0.25, 0.3) is 12.2 Å². The third kappa shape index (κ3) is 4.87. The van der Waals surface area contributed by atoms with Crippen molar-refractivity contribution in [3.63, 3.8) is 0 Å². The number of rotatable bonds is 6. The van der Waals surface area contributed by atoms with Gasteiger partial charge in [-0.25, -0.2) is 0 Å². The average molecular weight is 476 g/mol. The molecule has 0 heterocycles. The first-order valence-electron chi connectivity index (χ1n) is 9.48. The third-order valence-electron chi connectivity index (χ3n) is 6.03. The fraction of sp³-hybridized carbons (Fsp3) is 0.333. The van der Waals surface area contributed by atoms with Crippen LogP contribution in [0.3, 0.4) is 0 Å². The van der Waals surface area contributed by atoms with Crippen LogP contribution >= 0.6 is 0 Å². The molecule has 0 aromatic heterocycles. The summed E-state index contributed by atoms with van der Waals surface area (Å²) in [5.41, 5.74) is 5.91. The molecule has 2 aromatic carbocycles. The van der Waals surface area contributed by atoms with Crippen LogP contribution < -0.4 is 24.8 Å². The van der Waals surface area contributed by atoms with Crippen molar-refractivity contribution in [3.05, 3.63) is 82.9 Å². The Morgan fingerprint density at radius 3 is 1.93 bits per heavy atom. The second kappa shape index (κ2) is 9.73. The molecule has 0 spiro atoms. The Balaban J connectivity index is 0.00000131. The molecule has 0 fully saturated rings. The SMILES string of the molecule is CC[C]([Zr+2])(CCC1C=Cc2ccccc21)CC1C=Cc2ccccc21.[Cl-].[Cl-]. The second-order valence-corrected chi connectivity index (χ2v) is 10.2. The number of benzene rings is 2. The molecule has 0 nitrogen and oxygen atoms in total. The molecule has 3 unspecified atom stereocenters. The standard InChI is InChI=1S/C24H25.2ClH.Zr/c1-2-18(17-22-16-15-20-8-4-6-10-24(20)22)11-12-21-14-13-19-7-3-5-9-23(19)21;;;/h3-10,13-16,21-22H,2,11-12,17H2,1H3;2*1H;/q;;;+2/p-2. The smallest absolute Gasteiger partial charge is 1.00 e. The molecule has 0 saturated heterocycles. The maximum atomic E-state index is 2.43. The first-order chi connectivity index (χ1) is 12.2. The van der Waals surface area contributed by atoms with Gasteiger partial charge in [-0.3, -0.25) is 0 Å². The van der Waals surface area contributed by atoms with Crippen molar-refractivity contribution in [2.75, 3.05) is 0 Å². The molecule has 0 N–H and O–H groups in total. The summed E-state index contributed by atoms with van der Waals surface area (Å²) < 4.78 is 0.491. The predicted octanol–water partition coefficient (Wildman–Crippen LogP) is 0.901. The van der Waals surface area contributed by atoms with E-state index in [-0.39, 0.29) is 24.8 Å². The van der Waals surface area contributed by atoms with Crippen LogP contribution in [0.1, 0.15) is 66.7 Å². The fourth-order valence-corrected chi connectivity index (χ4v) is 5.25. The Kier molecular flexibility index (Phi) is 8.17. The summed E-state index contributed by atoms with van der Waals surface area (Å²) in [6, 6.07) is 17.8. The summed E-state index contributed by atoms with van der Waals surface area (Å²) >= 11 is 1.70. The molecule has 0 amide bonds. The first kappa shape index (κ1) is 22.7. The molecule has 2 aliphatic carbocycles. The summed E-state index contributed by atoms with van der Waals surface area (Å²) in [5.74, 6) is 1.23. The van der Waals surface area contributed by atoms with Gasteiger partial charge in [0.05, 0.1) is 0 Å². The van der Waals surface area contributed by atoms with Crippen LogP contribution in [0.5, 0.6) is 0 Å². The minimum Gasteiger partial charge on any atom is -1.00 e. The first-order valence-corrected chi connectivity index (χ1v) is 10.7. The molecule has 4 rings (SSSR count). The number of hydrogen-bond acceptors (Lipinski definition) is 0. The van der Waals surface area contributed by atoms with E-state index >= 15 is 0 Å². The van der Waals surface area contributed by atoms with E-state index in [1.165, 1.54) is 47.9 Å². The van der Waals surface area contributed by atoms with E-state index < -0.39 is 0 Å². The van der Waals surface area contributed by atoms with Gasteiger partial charge >= 0.3 is 167 Å². The Bertz CT molecular complexity index is 827. The number of hydrogen-bond donors (Lipinski definition) is 0. The molecule has 0 radical (unpaired) electrons. The maximum Gasteiger partial charge on any atom is -1.00 e. The van der Waals surface area contributed by atoms with Gasteiger partial charge in [0.2, 0.25) is 0 Å². The van der Waals surface area contributed by atoms with Gasteiger partial charge in [-0.1, -0.05) is 0 Å². The van der Waals surface area contributed by atoms with E-state index in [2.05, 4.69) is 79.8 Å². The zero-order valence-corrected chi connectivity index (χ0v) is 19.6. The topological polar surface area (TPSA) is 0 Å². The summed E-state index contributed by atoms with van der Waals surface area (Å²) in [5, 5.41) is 0. The van der Waals surface area contributed by atoms with Crippen LogP contribution in [0.15, 0.2) is 60.7 Å². The van der Waals surface area contributed by atoms with Crippen molar-refractivity contribution in [1.82, 2.24) is 0 Å². The van der Waals surface area contributed by atoms with Gasteiger partial charge in [0, 0.05) is 0 Å². The summed E-state index contributed by atoms with van der Waals surface area (Å²) in [6.07, 6.45) is 14.7. The summed E-state index contributed by atoms with van der Waals surface area (Å²) in [4.78, 5) is 0. The summed E-state index contributed by atoms with van der Waals surface area (Å²) in [7, 11) is 0. The zero-order valence-electron chi connectivity index (χ0n) is 15.7. The molecule has 0 aliphatic heterocycles. The fourth-order valence-electron chi connectivity index (χ4n) is 4.35. The molecule has 0 saturated carbocycles. The van der Waals surface area contributed by atoms with Crippen LogP contribution in [0, 0.1) is 0 Å². The van der Waals surface area contributed by atoms with Crippen molar-refractivity contribution in [2.45, 2.75) is 47.6 Å². The maximum absolute atomic E-state index is 2.43. The zero-order chi connectivity index (χ0) is 17.3. The van der Waals surface area contributed by atoms with Crippen LogP contribution in [0.2, 0.25) is 3.12 Å². The summed E-state index contributed by atoms with van der Waals surface area (Å²) in [6.45, 7) is 2.39. The Labute approximate surface area is 191 Å². The molecule has 139 valence electrons. The molecule has 3 atom stereocenters. The Morgan fingerprint density at radius 1 is 0.815 bits per heavy atom. The van der Waals surface area contributed by atoms with E-state index in [1.807, 2.05) is 0 Å². The second-order valence-electron chi connectivity index (χ2n) is 7.57. The van der Waals surface area contributed by atoms with E-state index in [0.717, 1.165) is 0 Å². The Hall–Kier alpha value is -0.617. The van der Waals surface area contributed by atoms with E-state index in [9.17, 15) is 0 Å². The van der Waals surface area contributed by atoms with E-state index in [4.69, 9.17) is 0 Å². The van der Waals surface area contributed by atoms with Crippen molar-refractivity contribution < 1.29 is 49.5 Å². The van der Waals surface area contributed by atoms with Crippen molar-refractivity contribution in [1.29, 1.82) is 0 Å². The van der Waals surface area contributed by atoms with Gasteiger partial charge < -0.3 is 24.8 Å². The van der Waals surface area contributed by atoms with Gasteiger partial charge in [-0.05, 0) is 0 Å². The van der Waals surface area contributed by atoms with Crippen molar-refractivity contribution in [3.8, 4) is 0 Å². The number of halogens is 2. The van der Waals surface area contributed by atoms with Gasteiger partial charge in [-0.2, -0.15) is 0 Å². The number of allylic oxidation sites excluding steroid dienone is 2. The van der Waals surface area contributed by atoms with Crippen LogP contribution in [-0.4, -0.2) is 0 Å². The van der Waals surface area contributed by atoms with Gasteiger partial charge in [-0.15, -0.1) is 0 Å². The minimum absolute atomic E-state index is 0. The molecule has 2 aromatic rings. The third-order valence-corrected chi connectivity index (χ3v) is 8.01. The van der Waals surface area contributed by atoms with E-state index in [1.54, 1.807) is 24.7 Å². The van der Waals surface area contributed by atoms with Crippen LogP contribution in [0.4, 0.5) is 0 Å². The van der Waals surface area contributed by atoms with E-state index in [0.29, 0.717) is 15.0 Å². The van der Waals surface area contributed by atoms with Crippen molar-refractivity contribution in [2.24, 2.45) is 0 Å².